The number of amides is 2. The van der Waals surface area contributed by atoms with Gasteiger partial charge in [-0.05, 0) is 44.0 Å². The monoisotopic (exact) mass is 449 g/mol. The number of carbonyl (C=O) groups is 2. The van der Waals surface area contributed by atoms with Gasteiger partial charge in [0, 0.05) is 17.9 Å². The van der Waals surface area contributed by atoms with Crippen LogP contribution in [0.3, 0.4) is 0 Å². The zero-order valence-electron chi connectivity index (χ0n) is 18.5. The van der Waals surface area contributed by atoms with Crippen LogP contribution in [0.15, 0.2) is 60.3 Å². The second kappa shape index (κ2) is 10.8. The maximum absolute atomic E-state index is 12.6. The molecule has 0 radical (unpaired) electrons. The fourth-order valence-corrected chi connectivity index (χ4v) is 3.96. The number of rotatable bonds is 9. The number of nitrogens with zero attached hydrogens (tertiary/aromatic N) is 3. The summed E-state index contributed by atoms with van der Waals surface area (Å²) in [6, 6.07) is 13.5. The first-order chi connectivity index (χ1) is 15.4. The van der Waals surface area contributed by atoms with E-state index in [0.717, 1.165) is 28.1 Å². The molecule has 0 fully saturated rings. The molecule has 3 aromatic rings. The summed E-state index contributed by atoms with van der Waals surface area (Å²) in [6.07, 6.45) is 1.79. The normalized spacial score (nSPS) is 10.6. The van der Waals surface area contributed by atoms with E-state index < -0.39 is 0 Å². The van der Waals surface area contributed by atoms with Gasteiger partial charge in [0.2, 0.25) is 11.8 Å². The Morgan fingerprint density at radius 3 is 2.44 bits per heavy atom. The third kappa shape index (κ3) is 6.07. The lowest BCUT2D eigenvalue weighted by Gasteiger charge is -2.11. The molecule has 0 bridgehead atoms. The predicted octanol–water partition coefficient (Wildman–Crippen LogP) is 4.30. The number of hydrogen-bond acceptors (Lipinski definition) is 5. The smallest absolute Gasteiger partial charge is 0.234 e. The summed E-state index contributed by atoms with van der Waals surface area (Å²) in [5.74, 6) is 0.391. The van der Waals surface area contributed by atoms with Gasteiger partial charge in [-0.3, -0.25) is 9.59 Å². The van der Waals surface area contributed by atoms with Crippen molar-refractivity contribution in [2.75, 3.05) is 16.4 Å². The van der Waals surface area contributed by atoms with E-state index in [-0.39, 0.29) is 24.0 Å². The molecule has 0 saturated carbocycles. The Kier molecular flexibility index (Phi) is 7.83. The van der Waals surface area contributed by atoms with Crippen LogP contribution in [0, 0.1) is 20.8 Å². The first-order valence-electron chi connectivity index (χ1n) is 10.3. The van der Waals surface area contributed by atoms with Crippen molar-refractivity contribution < 1.29 is 9.59 Å². The Bertz CT molecular complexity index is 1140. The molecule has 7 nitrogen and oxygen atoms in total. The molecule has 0 unspecified atom stereocenters. The van der Waals surface area contributed by atoms with E-state index in [4.69, 9.17) is 0 Å². The Morgan fingerprint density at radius 2 is 1.72 bits per heavy atom. The van der Waals surface area contributed by atoms with Crippen molar-refractivity contribution in [3.63, 3.8) is 0 Å². The van der Waals surface area contributed by atoms with Crippen molar-refractivity contribution in [3.8, 4) is 0 Å². The lowest BCUT2D eigenvalue weighted by atomic mass is 10.1. The number of aryl methyl sites for hydroxylation is 3. The zero-order valence-corrected chi connectivity index (χ0v) is 19.3. The average Bonchev–Trinajstić information content (AvgIpc) is 3.12. The summed E-state index contributed by atoms with van der Waals surface area (Å²) in [5.41, 5.74) is 4.70. The van der Waals surface area contributed by atoms with Gasteiger partial charge in [-0.1, -0.05) is 53.7 Å². The number of carbonyl (C=O) groups excluding carboxylic acids is 2. The number of hydrogen-bond donors (Lipinski definition) is 2. The van der Waals surface area contributed by atoms with Crippen LogP contribution in [0.5, 0.6) is 0 Å². The molecule has 0 aliphatic rings. The Morgan fingerprint density at radius 1 is 1.00 bits per heavy atom. The van der Waals surface area contributed by atoms with E-state index in [9.17, 15) is 9.59 Å². The van der Waals surface area contributed by atoms with Gasteiger partial charge >= 0.3 is 0 Å². The molecule has 2 amide bonds. The fourth-order valence-electron chi connectivity index (χ4n) is 3.19. The van der Waals surface area contributed by atoms with Crippen molar-refractivity contribution in [3.05, 3.63) is 77.6 Å². The number of allylic oxidation sites excluding steroid dienone is 1. The molecular formula is C24H27N5O2S. The predicted molar refractivity (Wildman–Crippen MR) is 129 cm³/mol. The van der Waals surface area contributed by atoms with Gasteiger partial charge in [-0.15, -0.1) is 16.8 Å². The molecule has 2 N–H and O–H groups in total. The van der Waals surface area contributed by atoms with E-state index >= 15 is 0 Å². The maximum atomic E-state index is 12.6. The SMILES string of the molecule is C=CCn1c(CC(=O)Nc2ccc(C)cc2C)nnc1SCC(=O)Nc1ccccc1C. The van der Waals surface area contributed by atoms with Crippen molar-refractivity contribution in [2.45, 2.75) is 38.9 Å². The third-order valence-electron chi connectivity index (χ3n) is 4.83. The van der Waals surface area contributed by atoms with Gasteiger partial charge in [0.05, 0.1) is 12.2 Å². The molecular weight excluding hydrogens is 422 g/mol. The summed E-state index contributed by atoms with van der Waals surface area (Å²) in [6.45, 7) is 10.1. The fraction of sp³-hybridized carbons (Fsp3) is 0.250. The highest BCUT2D eigenvalue weighted by Crippen LogP contribution is 2.20. The van der Waals surface area contributed by atoms with Gasteiger partial charge in [0.1, 0.15) is 5.82 Å². The number of aromatic nitrogens is 3. The molecule has 8 heteroatoms. The minimum Gasteiger partial charge on any atom is -0.325 e. The van der Waals surface area contributed by atoms with Gasteiger partial charge in [0.15, 0.2) is 5.16 Å². The molecule has 0 atom stereocenters. The zero-order chi connectivity index (χ0) is 23.1. The Labute approximate surface area is 192 Å². The van der Waals surface area contributed by atoms with Gasteiger partial charge in [-0.2, -0.15) is 0 Å². The topological polar surface area (TPSA) is 88.9 Å². The highest BCUT2D eigenvalue weighted by atomic mass is 32.2. The van der Waals surface area contributed by atoms with E-state index in [2.05, 4.69) is 27.4 Å². The first-order valence-corrected chi connectivity index (χ1v) is 11.2. The second-order valence-corrected chi connectivity index (χ2v) is 8.44. The quantitative estimate of drug-likeness (QED) is 0.376. The standard InChI is InChI=1S/C24H27N5O2S/c1-5-12-29-21(14-22(30)25-20-11-10-16(2)13-18(20)4)27-28-24(29)32-15-23(31)26-19-9-7-6-8-17(19)3/h5-11,13H,1,12,14-15H2,2-4H3,(H,25,30)(H,26,31). The lowest BCUT2D eigenvalue weighted by molar-refractivity contribution is -0.116. The van der Waals surface area contributed by atoms with Crippen molar-refractivity contribution in [2.24, 2.45) is 0 Å². The van der Waals surface area contributed by atoms with Crippen LogP contribution in [0.25, 0.3) is 0 Å². The van der Waals surface area contributed by atoms with Gasteiger partial charge < -0.3 is 15.2 Å². The summed E-state index contributed by atoms with van der Waals surface area (Å²) in [4.78, 5) is 25.0. The molecule has 3 rings (SSSR count). The van der Waals surface area contributed by atoms with Crippen molar-refractivity contribution >= 4 is 35.0 Å². The van der Waals surface area contributed by atoms with Crippen molar-refractivity contribution in [1.82, 2.24) is 14.8 Å². The summed E-state index contributed by atoms with van der Waals surface area (Å²) in [7, 11) is 0. The summed E-state index contributed by atoms with van der Waals surface area (Å²) in [5, 5.41) is 14.8. The third-order valence-corrected chi connectivity index (χ3v) is 5.80. The summed E-state index contributed by atoms with van der Waals surface area (Å²) >= 11 is 1.27. The van der Waals surface area contributed by atoms with Gasteiger partial charge in [-0.25, -0.2) is 0 Å². The minimum atomic E-state index is -0.177. The molecule has 32 heavy (non-hydrogen) atoms. The molecule has 0 aliphatic carbocycles. The average molecular weight is 450 g/mol. The van der Waals surface area contributed by atoms with Crippen LogP contribution in [0.4, 0.5) is 11.4 Å². The number of anilines is 2. The first kappa shape index (κ1) is 23.3. The molecule has 1 aromatic heterocycles. The molecule has 1 heterocycles. The van der Waals surface area contributed by atoms with E-state index in [1.165, 1.54) is 11.8 Å². The Balaban J connectivity index is 1.64. The van der Waals surface area contributed by atoms with Crippen LogP contribution < -0.4 is 10.6 Å². The minimum absolute atomic E-state index is 0.0735. The highest BCUT2D eigenvalue weighted by molar-refractivity contribution is 7.99. The molecule has 166 valence electrons. The van der Waals surface area contributed by atoms with E-state index in [1.54, 1.807) is 10.6 Å². The summed E-state index contributed by atoms with van der Waals surface area (Å²) < 4.78 is 1.81. The number of benzene rings is 2. The number of nitrogens with one attached hydrogen (secondary N) is 2. The number of para-hydroxylation sites is 1. The van der Waals surface area contributed by atoms with Crippen LogP contribution in [0.1, 0.15) is 22.5 Å². The van der Waals surface area contributed by atoms with Crippen molar-refractivity contribution in [1.29, 1.82) is 0 Å². The Hall–Kier alpha value is -3.39. The molecule has 0 aliphatic heterocycles. The largest absolute Gasteiger partial charge is 0.325 e. The van der Waals surface area contributed by atoms with Crippen LogP contribution in [-0.4, -0.2) is 32.3 Å². The highest BCUT2D eigenvalue weighted by Gasteiger charge is 2.17. The molecule has 2 aromatic carbocycles. The lowest BCUT2D eigenvalue weighted by Crippen LogP contribution is -2.18. The van der Waals surface area contributed by atoms with E-state index in [0.29, 0.717) is 17.5 Å². The molecule has 0 spiro atoms. The number of thioether (sulfide) groups is 1. The van der Waals surface area contributed by atoms with Gasteiger partial charge in [0.25, 0.3) is 0 Å². The maximum Gasteiger partial charge on any atom is 0.234 e. The second-order valence-electron chi connectivity index (χ2n) is 7.49. The van der Waals surface area contributed by atoms with Crippen LogP contribution in [0.2, 0.25) is 0 Å². The van der Waals surface area contributed by atoms with E-state index in [1.807, 2.05) is 63.2 Å². The van der Waals surface area contributed by atoms with Crippen LogP contribution in [-0.2, 0) is 22.6 Å². The molecule has 0 saturated heterocycles. The van der Waals surface area contributed by atoms with Crippen LogP contribution >= 0.6 is 11.8 Å².